The minimum atomic E-state index is -0.0280. The maximum atomic E-state index is 12.3. The van der Waals surface area contributed by atoms with Crippen molar-refractivity contribution in [2.24, 2.45) is 5.41 Å². The van der Waals surface area contributed by atoms with Crippen molar-refractivity contribution in [3.63, 3.8) is 0 Å². The van der Waals surface area contributed by atoms with Gasteiger partial charge in [0.05, 0.1) is 11.4 Å². The normalized spacial score (nSPS) is 16.9. The van der Waals surface area contributed by atoms with Crippen LogP contribution >= 0.6 is 0 Å². The molecule has 21 heavy (non-hydrogen) atoms. The Labute approximate surface area is 124 Å². The fourth-order valence-corrected chi connectivity index (χ4v) is 2.97. The highest BCUT2D eigenvalue weighted by Gasteiger charge is 2.34. The van der Waals surface area contributed by atoms with Gasteiger partial charge in [-0.1, -0.05) is 13.8 Å². The van der Waals surface area contributed by atoms with Gasteiger partial charge in [-0.3, -0.25) is 9.36 Å². The van der Waals surface area contributed by atoms with Crippen molar-refractivity contribution >= 4 is 5.78 Å². The van der Waals surface area contributed by atoms with E-state index in [9.17, 15) is 4.79 Å². The van der Waals surface area contributed by atoms with E-state index in [0.717, 1.165) is 34.8 Å². The molecule has 0 fully saturated rings. The number of carbonyl (C=O) groups excluding carboxylic acids is 1. The number of aryl methyl sites for hydroxylation is 3. The van der Waals surface area contributed by atoms with Crippen molar-refractivity contribution in [1.29, 1.82) is 0 Å². The lowest BCUT2D eigenvalue weighted by Gasteiger charge is -2.29. The molecule has 0 radical (unpaired) electrons. The second kappa shape index (κ2) is 4.48. The van der Waals surface area contributed by atoms with Crippen LogP contribution in [0.15, 0.2) is 6.07 Å². The number of carbonyl (C=O) groups is 1. The van der Waals surface area contributed by atoms with Gasteiger partial charge in [-0.15, -0.1) is 5.10 Å². The maximum Gasteiger partial charge on any atom is 0.254 e. The van der Waals surface area contributed by atoms with Gasteiger partial charge in [-0.25, -0.2) is 4.98 Å². The largest absolute Gasteiger partial charge is 0.294 e. The van der Waals surface area contributed by atoms with E-state index in [1.807, 2.05) is 31.4 Å². The van der Waals surface area contributed by atoms with Crippen LogP contribution in [0.2, 0.25) is 0 Å². The summed E-state index contributed by atoms with van der Waals surface area (Å²) in [5, 5.41) is 8.38. The fourth-order valence-electron chi connectivity index (χ4n) is 2.97. The number of hydrogen-bond donors (Lipinski definition) is 0. The van der Waals surface area contributed by atoms with Crippen molar-refractivity contribution in [2.75, 3.05) is 0 Å². The monoisotopic (exact) mass is 284 g/mol. The standard InChI is InChI=1S/C16H20N4O/c1-9-6-12-13(7-16(4,5)8-14(12)21)20(9)15-17-10(2)11(3)18-19-15/h6H,7-8H2,1-5H3. The molecule has 0 bridgehead atoms. The van der Waals surface area contributed by atoms with Crippen molar-refractivity contribution in [3.05, 3.63) is 34.4 Å². The van der Waals surface area contributed by atoms with Crippen LogP contribution in [0.25, 0.3) is 5.95 Å². The summed E-state index contributed by atoms with van der Waals surface area (Å²) < 4.78 is 1.98. The molecule has 0 atom stereocenters. The summed E-state index contributed by atoms with van der Waals surface area (Å²) in [6.07, 6.45) is 1.44. The van der Waals surface area contributed by atoms with Gasteiger partial charge in [0.15, 0.2) is 5.78 Å². The predicted molar refractivity (Wildman–Crippen MR) is 79.8 cm³/mol. The molecule has 2 aromatic rings. The summed E-state index contributed by atoms with van der Waals surface area (Å²) in [6.45, 7) is 10.1. The zero-order valence-corrected chi connectivity index (χ0v) is 13.2. The summed E-state index contributed by atoms with van der Waals surface area (Å²) in [5.74, 6) is 0.766. The highest BCUT2D eigenvalue weighted by Crippen LogP contribution is 2.36. The first kappa shape index (κ1) is 13.9. The Morgan fingerprint density at radius 2 is 1.81 bits per heavy atom. The molecule has 110 valence electrons. The third-order valence-electron chi connectivity index (χ3n) is 4.15. The zero-order chi connectivity index (χ0) is 15.4. The minimum Gasteiger partial charge on any atom is -0.294 e. The minimum absolute atomic E-state index is 0.0280. The summed E-state index contributed by atoms with van der Waals surface area (Å²) in [7, 11) is 0. The van der Waals surface area contributed by atoms with Gasteiger partial charge in [0, 0.05) is 23.4 Å². The quantitative estimate of drug-likeness (QED) is 0.808. The molecule has 5 nitrogen and oxygen atoms in total. The molecule has 0 N–H and O–H groups in total. The zero-order valence-electron chi connectivity index (χ0n) is 13.2. The number of aromatic nitrogens is 4. The Bertz CT molecular complexity index is 743. The lowest BCUT2D eigenvalue weighted by atomic mass is 9.76. The van der Waals surface area contributed by atoms with Gasteiger partial charge in [-0.2, -0.15) is 5.10 Å². The molecular formula is C16H20N4O. The van der Waals surface area contributed by atoms with Crippen LogP contribution in [0.4, 0.5) is 0 Å². The molecule has 2 heterocycles. The molecule has 0 spiro atoms. The first-order chi connectivity index (χ1) is 9.78. The number of rotatable bonds is 1. The molecule has 0 aromatic carbocycles. The molecule has 0 unspecified atom stereocenters. The van der Waals surface area contributed by atoms with E-state index in [1.165, 1.54) is 0 Å². The van der Waals surface area contributed by atoms with Crippen LogP contribution < -0.4 is 0 Å². The van der Waals surface area contributed by atoms with Crippen LogP contribution in [-0.4, -0.2) is 25.5 Å². The van der Waals surface area contributed by atoms with Crippen LogP contribution in [0.1, 0.15) is 53.4 Å². The fraction of sp³-hybridized carbons (Fsp3) is 0.500. The molecule has 0 aliphatic heterocycles. The summed E-state index contributed by atoms with van der Waals surface area (Å²) >= 11 is 0. The van der Waals surface area contributed by atoms with Gasteiger partial charge >= 0.3 is 0 Å². The highest BCUT2D eigenvalue weighted by molar-refractivity contribution is 5.99. The molecule has 0 amide bonds. The van der Waals surface area contributed by atoms with Crippen LogP contribution in [-0.2, 0) is 6.42 Å². The van der Waals surface area contributed by atoms with Crippen molar-refractivity contribution in [1.82, 2.24) is 19.7 Å². The van der Waals surface area contributed by atoms with Crippen LogP contribution in [0.5, 0.6) is 0 Å². The summed E-state index contributed by atoms with van der Waals surface area (Å²) in [5.41, 5.74) is 4.47. The maximum absolute atomic E-state index is 12.3. The lowest BCUT2D eigenvalue weighted by molar-refractivity contribution is 0.0911. The Balaban J connectivity index is 2.20. The molecule has 5 heteroatoms. The first-order valence-corrected chi connectivity index (χ1v) is 7.21. The van der Waals surface area contributed by atoms with Gasteiger partial charge in [0.1, 0.15) is 0 Å². The summed E-state index contributed by atoms with van der Waals surface area (Å²) in [6, 6.07) is 1.95. The number of hydrogen-bond acceptors (Lipinski definition) is 4. The highest BCUT2D eigenvalue weighted by atomic mass is 16.1. The van der Waals surface area contributed by atoms with E-state index >= 15 is 0 Å². The van der Waals surface area contributed by atoms with E-state index in [2.05, 4.69) is 29.0 Å². The van der Waals surface area contributed by atoms with Crippen LogP contribution in [0, 0.1) is 26.2 Å². The Kier molecular flexibility index (Phi) is 2.97. The SMILES string of the molecule is Cc1nnc(-n2c(C)cc3c2CC(C)(C)CC3=O)nc1C. The van der Waals surface area contributed by atoms with E-state index < -0.39 is 0 Å². The Morgan fingerprint density at radius 3 is 2.48 bits per heavy atom. The van der Waals surface area contributed by atoms with Crippen molar-refractivity contribution in [3.8, 4) is 5.95 Å². The Morgan fingerprint density at radius 1 is 1.10 bits per heavy atom. The molecule has 0 saturated carbocycles. The molecule has 0 saturated heterocycles. The topological polar surface area (TPSA) is 60.7 Å². The molecule has 2 aromatic heterocycles. The molecule has 1 aliphatic carbocycles. The van der Waals surface area contributed by atoms with Gasteiger partial charge < -0.3 is 0 Å². The number of fused-ring (bicyclic) bond motifs is 1. The third-order valence-corrected chi connectivity index (χ3v) is 4.15. The number of nitrogens with zero attached hydrogens (tertiary/aromatic N) is 4. The van der Waals surface area contributed by atoms with Crippen molar-refractivity contribution < 1.29 is 4.79 Å². The molecule has 3 rings (SSSR count). The van der Waals surface area contributed by atoms with Gasteiger partial charge in [-0.05, 0) is 38.7 Å². The third kappa shape index (κ3) is 2.26. The first-order valence-electron chi connectivity index (χ1n) is 7.21. The average molecular weight is 284 g/mol. The van der Waals surface area contributed by atoms with E-state index in [1.54, 1.807) is 0 Å². The molecule has 1 aliphatic rings. The average Bonchev–Trinajstić information content (AvgIpc) is 2.68. The lowest BCUT2D eigenvalue weighted by Crippen LogP contribution is -2.28. The smallest absolute Gasteiger partial charge is 0.254 e. The van der Waals surface area contributed by atoms with E-state index in [0.29, 0.717) is 12.4 Å². The van der Waals surface area contributed by atoms with E-state index in [-0.39, 0.29) is 11.2 Å². The van der Waals surface area contributed by atoms with Gasteiger partial charge in [0.2, 0.25) is 0 Å². The molecular weight excluding hydrogens is 264 g/mol. The number of Topliss-reactive ketones (excluding diaryl/α,β-unsaturated/α-hetero) is 1. The second-order valence-electron chi connectivity index (χ2n) is 6.71. The second-order valence-corrected chi connectivity index (χ2v) is 6.71. The Hall–Kier alpha value is -2.04. The predicted octanol–water partition coefficient (Wildman–Crippen LogP) is 2.74. The van der Waals surface area contributed by atoms with Crippen molar-refractivity contribution in [2.45, 2.75) is 47.5 Å². The van der Waals surface area contributed by atoms with Crippen LogP contribution in [0.3, 0.4) is 0 Å². The summed E-state index contributed by atoms with van der Waals surface area (Å²) in [4.78, 5) is 16.9. The number of ketones is 1. The van der Waals surface area contributed by atoms with Gasteiger partial charge in [0.25, 0.3) is 5.95 Å². The van der Waals surface area contributed by atoms with E-state index in [4.69, 9.17) is 0 Å².